The lowest BCUT2D eigenvalue weighted by Gasteiger charge is -2.19. The summed E-state index contributed by atoms with van der Waals surface area (Å²) in [4.78, 5) is 0. The van der Waals surface area contributed by atoms with Gasteiger partial charge in [-0.15, -0.1) is 0 Å². The van der Waals surface area contributed by atoms with Gasteiger partial charge in [0.1, 0.15) is 13.2 Å². The van der Waals surface area contributed by atoms with Crippen molar-refractivity contribution < 1.29 is 9.47 Å². The molecule has 3 heteroatoms. The SMILES string of the molecule is CCc1c(CCN)ccc(OCc2ccccc2)c1OCc1ccccc1. The van der Waals surface area contributed by atoms with Crippen LogP contribution in [0.2, 0.25) is 0 Å². The Labute approximate surface area is 161 Å². The number of rotatable bonds is 9. The average molecular weight is 361 g/mol. The van der Waals surface area contributed by atoms with E-state index in [0.717, 1.165) is 35.5 Å². The molecule has 0 amide bonds. The van der Waals surface area contributed by atoms with Crippen LogP contribution < -0.4 is 15.2 Å². The van der Waals surface area contributed by atoms with Gasteiger partial charge in [0.15, 0.2) is 11.5 Å². The Bertz CT molecular complexity index is 832. The van der Waals surface area contributed by atoms with Gasteiger partial charge in [0, 0.05) is 5.56 Å². The molecule has 0 aliphatic carbocycles. The van der Waals surface area contributed by atoms with Crippen molar-refractivity contribution in [3.8, 4) is 11.5 Å². The van der Waals surface area contributed by atoms with Gasteiger partial charge in [-0.2, -0.15) is 0 Å². The van der Waals surface area contributed by atoms with Gasteiger partial charge >= 0.3 is 0 Å². The zero-order valence-corrected chi connectivity index (χ0v) is 15.9. The van der Waals surface area contributed by atoms with Crippen LogP contribution >= 0.6 is 0 Å². The highest BCUT2D eigenvalue weighted by atomic mass is 16.5. The summed E-state index contributed by atoms with van der Waals surface area (Å²) in [6.45, 7) is 3.80. The molecule has 0 aliphatic heterocycles. The molecule has 140 valence electrons. The first kappa shape index (κ1) is 19.0. The molecule has 0 heterocycles. The van der Waals surface area contributed by atoms with Gasteiger partial charge in [0.25, 0.3) is 0 Å². The molecular formula is C24H27NO2. The highest BCUT2D eigenvalue weighted by Crippen LogP contribution is 2.35. The quantitative estimate of drug-likeness (QED) is 0.589. The summed E-state index contributed by atoms with van der Waals surface area (Å²) in [7, 11) is 0. The molecule has 0 atom stereocenters. The van der Waals surface area contributed by atoms with Gasteiger partial charge < -0.3 is 15.2 Å². The van der Waals surface area contributed by atoms with Crippen molar-refractivity contribution in [3.63, 3.8) is 0 Å². The van der Waals surface area contributed by atoms with E-state index < -0.39 is 0 Å². The van der Waals surface area contributed by atoms with Crippen LogP contribution in [0.1, 0.15) is 29.2 Å². The Morgan fingerprint density at radius 2 is 1.33 bits per heavy atom. The summed E-state index contributed by atoms with van der Waals surface area (Å²) in [5.74, 6) is 1.62. The first-order valence-electron chi connectivity index (χ1n) is 9.50. The van der Waals surface area contributed by atoms with Crippen LogP contribution in [0.25, 0.3) is 0 Å². The molecule has 0 bridgehead atoms. The van der Waals surface area contributed by atoms with E-state index in [4.69, 9.17) is 15.2 Å². The molecule has 0 fully saturated rings. The standard InChI is InChI=1S/C24H27NO2/c1-2-22-21(15-16-25)13-14-23(26-17-19-9-5-3-6-10-19)24(22)27-18-20-11-7-4-8-12-20/h3-14H,2,15-18,25H2,1H3. The normalized spacial score (nSPS) is 10.6. The van der Waals surface area contributed by atoms with Crippen molar-refractivity contribution in [2.24, 2.45) is 5.73 Å². The van der Waals surface area contributed by atoms with Gasteiger partial charge in [0.2, 0.25) is 0 Å². The Morgan fingerprint density at radius 3 is 1.89 bits per heavy atom. The second kappa shape index (κ2) is 9.79. The molecule has 3 rings (SSSR count). The molecule has 0 radical (unpaired) electrons. The minimum atomic E-state index is 0.515. The summed E-state index contributed by atoms with van der Waals surface area (Å²) in [6, 6.07) is 24.5. The molecule has 3 aromatic carbocycles. The minimum Gasteiger partial charge on any atom is -0.485 e. The van der Waals surface area contributed by atoms with Gasteiger partial charge in [-0.05, 0) is 42.1 Å². The predicted molar refractivity (Wildman–Crippen MR) is 110 cm³/mol. The monoisotopic (exact) mass is 361 g/mol. The first-order chi connectivity index (χ1) is 13.3. The summed E-state index contributed by atoms with van der Waals surface area (Å²) in [5, 5.41) is 0. The maximum absolute atomic E-state index is 6.25. The van der Waals surface area contributed by atoms with Crippen molar-refractivity contribution in [1.29, 1.82) is 0 Å². The van der Waals surface area contributed by atoms with Crippen LogP contribution in [0.5, 0.6) is 11.5 Å². The zero-order chi connectivity index (χ0) is 18.9. The highest BCUT2D eigenvalue weighted by Gasteiger charge is 2.15. The molecule has 0 spiro atoms. The Morgan fingerprint density at radius 1 is 0.741 bits per heavy atom. The van der Waals surface area contributed by atoms with E-state index in [1.54, 1.807) is 0 Å². The fourth-order valence-electron chi connectivity index (χ4n) is 3.16. The molecule has 0 aliphatic rings. The molecule has 0 unspecified atom stereocenters. The maximum atomic E-state index is 6.25. The molecule has 27 heavy (non-hydrogen) atoms. The molecule has 3 aromatic rings. The number of nitrogens with two attached hydrogens (primary N) is 1. The summed E-state index contributed by atoms with van der Waals surface area (Å²) in [6.07, 6.45) is 1.71. The van der Waals surface area contributed by atoms with E-state index in [1.165, 1.54) is 11.1 Å². The largest absolute Gasteiger partial charge is 0.485 e. The first-order valence-corrected chi connectivity index (χ1v) is 9.50. The summed E-state index contributed by atoms with van der Waals surface area (Å²) in [5.41, 5.74) is 10.5. The lowest BCUT2D eigenvalue weighted by molar-refractivity contribution is 0.253. The van der Waals surface area contributed by atoms with Gasteiger partial charge in [0.05, 0.1) is 0 Å². The van der Waals surface area contributed by atoms with Crippen LogP contribution in [-0.4, -0.2) is 6.54 Å². The molecule has 0 saturated heterocycles. The van der Waals surface area contributed by atoms with E-state index in [2.05, 4.69) is 37.3 Å². The van der Waals surface area contributed by atoms with E-state index >= 15 is 0 Å². The van der Waals surface area contributed by atoms with Crippen LogP contribution in [0, 0.1) is 0 Å². The molecule has 3 nitrogen and oxygen atoms in total. The summed E-state index contributed by atoms with van der Waals surface area (Å²) < 4.78 is 12.4. The van der Waals surface area contributed by atoms with Crippen molar-refractivity contribution >= 4 is 0 Å². The van der Waals surface area contributed by atoms with E-state index in [9.17, 15) is 0 Å². The fourth-order valence-corrected chi connectivity index (χ4v) is 3.16. The smallest absolute Gasteiger partial charge is 0.165 e. The van der Waals surface area contributed by atoms with Crippen LogP contribution in [0.4, 0.5) is 0 Å². The van der Waals surface area contributed by atoms with Crippen LogP contribution in [0.3, 0.4) is 0 Å². The number of hydrogen-bond acceptors (Lipinski definition) is 3. The third-order valence-corrected chi connectivity index (χ3v) is 4.55. The second-order valence-electron chi connectivity index (χ2n) is 6.47. The third kappa shape index (κ3) is 5.11. The van der Waals surface area contributed by atoms with Crippen molar-refractivity contribution in [3.05, 3.63) is 95.1 Å². The highest BCUT2D eigenvalue weighted by molar-refractivity contribution is 5.51. The Balaban J connectivity index is 1.85. The topological polar surface area (TPSA) is 44.5 Å². The van der Waals surface area contributed by atoms with Crippen LogP contribution in [0.15, 0.2) is 72.8 Å². The Hall–Kier alpha value is -2.78. The van der Waals surface area contributed by atoms with Gasteiger partial charge in [-0.25, -0.2) is 0 Å². The number of benzene rings is 3. The molecule has 2 N–H and O–H groups in total. The molecule has 0 aromatic heterocycles. The lowest BCUT2D eigenvalue weighted by Crippen LogP contribution is -2.08. The third-order valence-electron chi connectivity index (χ3n) is 4.55. The number of ether oxygens (including phenoxy) is 2. The molecule has 0 saturated carbocycles. The van der Waals surface area contributed by atoms with Crippen LogP contribution in [-0.2, 0) is 26.1 Å². The molecular weight excluding hydrogens is 334 g/mol. The van der Waals surface area contributed by atoms with Crippen molar-refractivity contribution in [1.82, 2.24) is 0 Å². The van der Waals surface area contributed by atoms with Crippen molar-refractivity contribution in [2.75, 3.05) is 6.54 Å². The lowest BCUT2D eigenvalue weighted by atomic mass is 10.0. The Kier molecular flexibility index (Phi) is 6.89. The minimum absolute atomic E-state index is 0.515. The van der Waals surface area contributed by atoms with Crippen molar-refractivity contribution in [2.45, 2.75) is 33.0 Å². The maximum Gasteiger partial charge on any atom is 0.165 e. The summed E-state index contributed by atoms with van der Waals surface area (Å²) >= 11 is 0. The van der Waals surface area contributed by atoms with E-state index in [-0.39, 0.29) is 0 Å². The average Bonchev–Trinajstić information content (AvgIpc) is 2.73. The van der Waals surface area contributed by atoms with E-state index in [0.29, 0.717) is 19.8 Å². The predicted octanol–water partition coefficient (Wildman–Crippen LogP) is 4.91. The number of hydrogen-bond donors (Lipinski definition) is 1. The zero-order valence-electron chi connectivity index (χ0n) is 15.9. The second-order valence-corrected chi connectivity index (χ2v) is 6.47. The van der Waals surface area contributed by atoms with Gasteiger partial charge in [-0.3, -0.25) is 0 Å². The fraction of sp³-hybridized carbons (Fsp3) is 0.250. The van der Waals surface area contributed by atoms with E-state index in [1.807, 2.05) is 42.5 Å². The van der Waals surface area contributed by atoms with Gasteiger partial charge in [-0.1, -0.05) is 73.7 Å².